The number of rotatable bonds is 6. The Hall–Kier alpha value is -2.13. The van der Waals surface area contributed by atoms with Crippen molar-refractivity contribution in [3.05, 3.63) is 65.1 Å². The Morgan fingerprint density at radius 2 is 1.83 bits per heavy atom. The van der Waals surface area contributed by atoms with Crippen LogP contribution in [0.3, 0.4) is 0 Å². The van der Waals surface area contributed by atoms with Crippen LogP contribution >= 0.6 is 0 Å². The van der Waals surface area contributed by atoms with Crippen LogP contribution in [0.2, 0.25) is 0 Å². The molecule has 3 heteroatoms. The van der Waals surface area contributed by atoms with Crippen LogP contribution in [0.25, 0.3) is 10.9 Å². The molecule has 0 N–H and O–H groups in total. The van der Waals surface area contributed by atoms with E-state index in [1.54, 1.807) is 7.11 Å². The van der Waals surface area contributed by atoms with Gasteiger partial charge >= 0.3 is 0 Å². The van der Waals surface area contributed by atoms with Gasteiger partial charge in [0.05, 0.1) is 17.8 Å². The first-order valence-electron chi connectivity index (χ1n) is 8.18. The number of fused-ring (bicyclic) bond motifs is 1. The quantitative estimate of drug-likeness (QED) is 0.686. The fourth-order valence-corrected chi connectivity index (χ4v) is 3.22. The van der Waals surface area contributed by atoms with Crippen molar-refractivity contribution in [2.75, 3.05) is 13.7 Å². The number of ether oxygens (including phenoxy) is 1. The molecule has 23 heavy (non-hydrogen) atoms. The highest BCUT2D eigenvalue weighted by molar-refractivity contribution is 5.87. The van der Waals surface area contributed by atoms with Gasteiger partial charge in [-0.05, 0) is 43.9 Å². The van der Waals surface area contributed by atoms with Gasteiger partial charge in [0.25, 0.3) is 0 Å². The summed E-state index contributed by atoms with van der Waals surface area (Å²) in [6.07, 6.45) is 3.91. The van der Waals surface area contributed by atoms with Crippen molar-refractivity contribution in [3.8, 4) is 0 Å². The lowest BCUT2D eigenvalue weighted by molar-refractivity contribution is 0.188. The summed E-state index contributed by atoms with van der Waals surface area (Å²) < 4.78 is 7.65. The Bertz CT molecular complexity index is 790. The van der Waals surface area contributed by atoms with Crippen molar-refractivity contribution >= 4 is 10.9 Å². The average molecular weight is 308 g/mol. The molecule has 0 saturated carbocycles. The largest absolute Gasteiger partial charge is 0.383 e. The van der Waals surface area contributed by atoms with Crippen molar-refractivity contribution in [1.29, 1.82) is 0 Å². The van der Waals surface area contributed by atoms with E-state index in [9.17, 15) is 0 Å². The van der Waals surface area contributed by atoms with Gasteiger partial charge in [0, 0.05) is 30.9 Å². The van der Waals surface area contributed by atoms with Crippen LogP contribution in [-0.4, -0.2) is 23.3 Å². The van der Waals surface area contributed by atoms with E-state index in [-0.39, 0.29) is 0 Å². The Labute approximate surface area is 137 Å². The zero-order chi connectivity index (χ0) is 16.2. The fraction of sp³-hybridized carbons (Fsp3) is 0.350. The molecular formula is C20H24N2O. The van der Waals surface area contributed by atoms with Gasteiger partial charge in [-0.25, -0.2) is 0 Å². The Morgan fingerprint density at radius 1 is 1.04 bits per heavy atom. The van der Waals surface area contributed by atoms with Crippen LogP contribution < -0.4 is 0 Å². The standard InChI is InChI=1S/C20H24N2O/c1-15-16(2)22(13-14-23-3)20-18(15)11-12-21-19(20)10-9-17-7-5-4-6-8-17/h4-8,11-12H,9-10,13-14H2,1-3H3. The molecule has 0 spiro atoms. The first kappa shape index (κ1) is 15.8. The number of benzene rings is 1. The molecule has 0 bridgehead atoms. The molecule has 3 nitrogen and oxygen atoms in total. The van der Waals surface area contributed by atoms with Gasteiger partial charge in [0.15, 0.2) is 0 Å². The normalized spacial score (nSPS) is 11.3. The first-order valence-corrected chi connectivity index (χ1v) is 8.18. The molecule has 0 saturated heterocycles. The van der Waals surface area contributed by atoms with Crippen LogP contribution in [0.5, 0.6) is 0 Å². The van der Waals surface area contributed by atoms with E-state index in [2.05, 4.69) is 59.8 Å². The van der Waals surface area contributed by atoms with E-state index in [4.69, 9.17) is 4.74 Å². The summed E-state index contributed by atoms with van der Waals surface area (Å²) >= 11 is 0. The highest BCUT2D eigenvalue weighted by Crippen LogP contribution is 2.27. The number of nitrogens with zero attached hydrogens (tertiary/aromatic N) is 2. The number of hydrogen-bond acceptors (Lipinski definition) is 2. The zero-order valence-electron chi connectivity index (χ0n) is 14.2. The molecule has 0 amide bonds. The zero-order valence-corrected chi connectivity index (χ0v) is 14.2. The summed E-state index contributed by atoms with van der Waals surface area (Å²) in [7, 11) is 1.75. The van der Waals surface area contributed by atoms with E-state index >= 15 is 0 Å². The van der Waals surface area contributed by atoms with Crippen molar-refractivity contribution < 1.29 is 4.74 Å². The molecule has 0 unspecified atom stereocenters. The third kappa shape index (κ3) is 3.15. The molecule has 120 valence electrons. The van der Waals surface area contributed by atoms with Gasteiger partial charge in [0.2, 0.25) is 0 Å². The van der Waals surface area contributed by atoms with Crippen molar-refractivity contribution in [3.63, 3.8) is 0 Å². The summed E-state index contributed by atoms with van der Waals surface area (Å²) in [6, 6.07) is 12.7. The summed E-state index contributed by atoms with van der Waals surface area (Å²) in [5.74, 6) is 0. The van der Waals surface area contributed by atoms with Gasteiger partial charge in [-0.1, -0.05) is 30.3 Å². The second kappa shape index (κ2) is 6.97. The maximum absolute atomic E-state index is 5.29. The van der Waals surface area contributed by atoms with Crippen LogP contribution in [0.1, 0.15) is 22.5 Å². The van der Waals surface area contributed by atoms with Crippen LogP contribution in [0.15, 0.2) is 42.6 Å². The predicted molar refractivity (Wildman–Crippen MR) is 94.9 cm³/mol. The van der Waals surface area contributed by atoms with Crippen molar-refractivity contribution in [1.82, 2.24) is 9.55 Å². The smallest absolute Gasteiger partial charge is 0.0705 e. The second-order valence-electron chi connectivity index (χ2n) is 5.99. The predicted octanol–water partition coefficient (Wildman–Crippen LogP) is 4.08. The van der Waals surface area contributed by atoms with Gasteiger partial charge in [0.1, 0.15) is 0 Å². The lowest BCUT2D eigenvalue weighted by Crippen LogP contribution is -2.08. The van der Waals surface area contributed by atoms with E-state index in [1.807, 2.05) is 6.20 Å². The Kier molecular flexibility index (Phi) is 4.77. The maximum atomic E-state index is 5.29. The molecular weight excluding hydrogens is 284 g/mol. The monoisotopic (exact) mass is 308 g/mol. The molecule has 2 heterocycles. The summed E-state index contributed by atoms with van der Waals surface area (Å²) in [5, 5.41) is 1.32. The van der Waals surface area contributed by atoms with Gasteiger partial charge in [-0.3, -0.25) is 4.98 Å². The highest BCUT2D eigenvalue weighted by atomic mass is 16.5. The van der Waals surface area contributed by atoms with Crippen molar-refractivity contribution in [2.24, 2.45) is 0 Å². The average Bonchev–Trinajstić information content (AvgIpc) is 2.84. The SMILES string of the molecule is COCCn1c(C)c(C)c2ccnc(CCc3ccccc3)c21. The number of hydrogen-bond donors (Lipinski definition) is 0. The minimum Gasteiger partial charge on any atom is -0.383 e. The van der Waals surface area contributed by atoms with E-state index in [0.29, 0.717) is 0 Å². The third-order valence-corrected chi connectivity index (χ3v) is 4.63. The minimum absolute atomic E-state index is 0.719. The molecule has 0 aliphatic carbocycles. The van der Waals surface area contributed by atoms with Gasteiger partial charge < -0.3 is 9.30 Å². The van der Waals surface area contributed by atoms with E-state index < -0.39 is 0 Å². The minimum atomic E-state index is 0.719. The van der Waals surface area contributed by atoms with E-state index in [0.717, 1.165) is 26.0 Å². The Morgan fingerprint density at radius 3 is 2.57 bits per heavy atom. The molecule has 2 aromatic heterocycles. The number of aryl methyl sites for hydroxylation is 3. The highest BCUT2D eigenvalue weighted by Gasteiger charge is 2.14. The summed E-state index contributed by atoms with van der Waals surface area (Å²) in [5.41, 5.74) is 6.47. The number of aromatic nitrogens is 2. The number of pyridine rings is 1. The van der Waals surface area contributed by atoms with Crippen LogP contribution in [0, 0.1) is 13.8 Å². The third-order valence-electron chi connectivity index (χ3n) is 4.63. The Balaban J connectivity index is 1.97. The molecule has 0 aliphatic rings. The van der Waals surface area contributed by atoms with Crippen LogP contribution in [0.4, 0.5) is 0 Å². The van der Waals surface area contributed by atoms with Gasteiger partial charge in [-0.2, -0.15) is 0 Å². The first-order chi connectivity index (χ1) is 11.2. The van der Waals surface area contributed by atoms with Crippen LogP contribution in [-0.2, 0) is 24.1 Å². The fourth-order valence-electron chi connectivity index (χ4n) is 3.22. The lowest BCUT2D eigenvalue weighted by Gasteiger charge is -2.11. The molecule has 1 aromatic carbocycles. The molecule has 0 atom stereocenters. The molecule has 0 radical (unpaired) electrons. The summed E-state index contributed by atoms with van der Waals surface area (Å²) in [6.45, 7) is 5.97. The molecule has 3 aromatic rings. The van der Waals surface area contributed by atoms with Crippen molar-refractivity contribution in [2.45, 2.75) is 33.2 Å². The lowest BCUT2D eigenvalue weighted by atomic mass is 10.1. The molecule has 3 rings (SSSR count). The second-order valence-corrected chi connectivity index (χ2v) is 5.99. The number of methoxy groups -OCH3 is 1. The topological polar surface area (TPSA) is 27.1 Å². The maximum Gasteiger partial charge on any atom is 0.0705 e. The van der Waals surface area contributed by atoms with E-state index in [1.165, 1.54) is 33.4 Å². The molecule has 0 fully saturated rings. The summed E-state index contributed by atoms with van der Waals surface area (Å²) in [4.78, 5) is 4.68. The molecule has 0 aliphatic heterocycles. The van der Waals surface area contributed by atoms with Gasteiger partial charge in [-0.15, -0.1) is 0 Å².